The van der Waals surface area contributed by atoms with Crippen LogP contribution in [0.25, 0.3) is 0 Å². The number of benzene rings is 1. The highest BCUT2D eigenvalue weighted by atomic mass is 19.4. The highest BCUT2D eigenvalue weighted by Crippen LogP contribution is 2.39. The standard InChI is InChI=1S/C19H18F6N4O3/c20-18(21,22)13-7-12(2-1-11(13)8-26)29-9-14(32-17(29)19(23,24)25)16(31)28-15(30)10-3-5-27-6-4-10/h1-2,7,10,14,17,27H,3-6,9H2,(H,28,30,31). The fourth-order valence-electron chi connectivity index (χ4n) is 3.62. The Morgan fingerprint density at radius 1 is 1.12 bits per heavy atom. The Kier molecular flexibility index (Phi) is 6.66. The van der Waals surface area contributed by atoms with Crippen molar-refractivity contribution in [3.05, 3.63) is 29.3 Å². The van der Waals surface area contributed by atoms with Crippen LogP contribution in [0.4, 0.5) is 32.0 Å². The van der Waals surface area contributed by atoms with Crippen LogP contribution in [0.3, 0.4) is 0 Å². The summed E-state index contributed by atoms with van der Waals surface area (Å²) in [5, 5.41) is 13.9. The van der Waals surface area contributed by atoms with E-state index < -0.39 is 65.8 Å². The van der Waals surface area contributed by atoms with E-state index in [4.69, 9.17) is 10.00 Å². The fraction of sp³-hybridized carbons (Fsp3) is 0.526. The largest absolute Gasteiger partial charge is 0.433 e. The Morgan fingerprint density at radius 2 is 1.78 bits per heavy atom. The molecule has 0 aliphatic carbocycles. The van der Waals surface area contributed by atoms with Crippen molar-refractivity contribution in [2.24, 2.45) is 5.92 Å². The summed E-state index contributed by atoms with van der Waals surface area (Å²) in [6, 6.07) is 3.41. The molecule has 2 N–H and O–H groups in total. The van der Waals surface area contributed by atoms with Crippen LogP contribution in [0.1, 0.15) is 24.0 Å². The zero-order valence-electron chi connectivity index (χ0n) is 16.4. The summed E-state index contributed by atoms with van der Waals surface area (Å²) in [6.45, 7) is 0.367. The van der Waals surface area contributed by atoms with E-state index >= 15 is 0 Å². The van der Waals surface area contributed by atoms with Gasteiger partial charge in [-0.3, -0.25) is 14.9 Å². The molecule has 0 spiro atoms. The molecule has 32 heavy (non-hydrogen) atoms. The predicted molar refractivity (Wildman–Crippen MR) is 97.0 cm³/mol. The number of hydrogen-bond donors (Lipinski definition) is 2. The van der Waals surface area contributed by atoms with Gasteiger partial charge in [0.15, 0.2) is 6.10 Å². The smallest absolute Gasteiger partial charge is 0.335 e. The van der Waals surface area contributed by atoms with Gasteiger partial charge in [0.2, 0.25) is 12.1 Å². The highest BCUT2D eigenvalue weighted by molar-refractivity contribution is 5.98. The second kappa shape index (κ2) is 8.95. The Labute approximate surface area is 178 Å². The minimum Gasteiger partial charge on any atom is -0.335 e. The van der Waals surface area contributed by atoms with Crippen molar-refractivity contribution in [2.75, 3.05) is 24.5 Å². The third kappa shape index (κ3) is 5.13. The van der Waals surface area contributed by atoms with Gasteiger partial charge in [-0.05, 0) is 44.1 Å². The fourth-order valence-corrected chi connectivity index (χ4v) is 3.62. The van der Waals surface area contributed by atoms with E-state index in [0.717, 1.165) is 12.1 Å². The van der Waals surface area contributed by atoms with Gasteiger partial charge in [-0.1, -0.05) is 0 Å². The molecule has 13 heteroatoms. The number of piperidine rings is 1. The predicted octanol–water partition coefficient (Wildman–Crippen LogP) is 2.31. The van der Waals surface area contributed by atoms with Gasteiger partial charge in [0, 0.05) is 11.6 Å². The lowest BCUT2D eigenvalue weighted by Crippen LogP contribution is -2.45. The average molecular weight is 464 g/mol. The summed E-state index contributed by atoms with van der Waals surface area (Å²) in [7, 11) is 0. The molecule has 2 aliphatic rings. The molecule has 0 radical (unpaired) electrons. The molecule has 3 rings (SSSR count). The topological polar surface area (TPSA) is 94.5 Å². The van der Waals surface area contributed by atoms with Crippen LogP contribution in [0.5, 0.6) is 0 Å². The molecule has 2 aliphatic heterocycles. The third-order valence-electron chi connectivity index (χ3n) is 5.23. The van der Waals surface area contributed by atoms with E-state index in [-0.39, 0.29) is 0 Å². The van der Waals surface area contributed by atoms with E-state index in [9.17, 15) is 35.9 Å². The number of anilines is 1. The molecular weight excluding hydrogens is 446 g/mol. The first-order valence-electron chi connectivity index (χ1n) is 9.57. The lowest BCUT2D eigenvalue weighted by atomic mass is 9.97. The lowest BCUT2D eigenvalue weighted by molar-refractivity contribution is -0.213. The number of halogens is 6. The number of amides is 2. The number of nitriles is 1. The number of nitrogens with zero attached hydrogens (tertiary/aromatic N) is 2. The number of hydrogen-bond acceptors (Lipinski definition) is 6. The summed E-state index contributed by atoms with van der Waals surface area (Å²) in [6.07, 6.45) is -13.6. The van der Waals surface area contributed by atoms with Gasteiger partial charge in [0.1, 0.15) is 0 Å². The molecule has 0 aromatic heterocycles. The maximum Gasteiger partial charge on any atom is 0.433 e. The van der Waals surface area contributed by atoms with Crippen LogP contribution >= 0.6 is 0 Å². The molecule has 2 heterocycles. The summed E-state index contributed by atoms with van der Waals surface area (Å²) in [5.41, 5.74) is -2.70. The van der Waals surface area contributed by atoms with E-state index in [1.54, 1.807) is 0 Å². The van der Waals surface area contributed by atoms with Crippen molar-refractivity contribution in [1.29, 1.82) is 5.26 Å². The molecule has 0 bridgehead atoms. The minimum absolute atomic E-state index is 0.404. The average Bonchev–Trinajstić information content (AvgIpc) is 3.19. The molecule has 2 atom stereocenters. The number of nitrogens with one attached hydrogen (secondary N) is 2. The quantitative estimate of drug-likeness (QED) is 0.527. The SMILES string of the molecule is N#Cc1ccc(N2CC(C(=O)NC(=O)C3CCNCC3)OC2C(F)(F)F)cc1C(F)(F)F. The van der Waals surface area contributed by atoms with Crippen LogP contribution in [-0.2, 0) is 20.5 Å². The molecule has 1 aromatic rings. The molecule has 174 valence electrons. The molecule has 0 saturated carbocycles. The molecule has 7 nitrogen and oxygen atoms in total. The number of alkyl halides is 6. The van der Waals surface area contributed by atoms with Gasteiger partial charge >= 0.3 is 12.4 Å². The summed E-state index contributed by atoms with van der Waals surface area (Å²) in [4.78, 5) is 25.1. The van der Waals surface area contributed by atoms with Crippen molar-refractivity contribution in [1.82, 2.24) is 10.6 Å². The first-order valence-corrected chi connectivity index (χ1v) is 9.57. The highest BCUT2D eigenvalue weighted by Gasteiger charge is 2.53. The Morgan fingerprint density at radius 3 is 2.34 bits per heavy atom. The van der Waals surface area contributed by atoms with Crippen LogP contribution in [0.2, 0.25) is 0 Å². The van der Waals surface area contributed by atoms with E-state index in [2.05, 4.69) is 5.32 Å². The van der Waals surface area contributed by atoms with Crippen LogP contribution in [0.15, 0.2) is 18.2 Å². The molecule has 2 amide bonds. The van der Waals surface area contributed by atoms with Crippen LogP contribution < -0.4 is 15.5 Å². The number of rotatable bonds is 3. The molecule has 2 fully saturated rings. The van der Waals surface area contributed by atoms with E-state index in [0.29, 0.717) is 36.9 Å². The van der Waals surface area contributed by atoms with Crippen molar-refractivity contribution in [3.63, 3.8) is 0 Å². The van der Waals surface area contributed by atoms with Crippen molar-refractivity contribution < 1.29 is 40.7 Å². The Balaban J connectivity index is 1.83. The Hall–Kier alpha value is -2.85. The zero-order valence-corrected chi connectivity index (χ0v) is 16.4. The molecule has 2 unspecified atom stereocenters. The molecular formula is C19H18F6N4O3. The second-order valence-electron chi connectivity index (χ2n) is 7.39. The minimum atomic E-state index is -5.04. The lowest BCUT2D eigenvalue weighted by Gasteiger charge is -2.27. The normalized spacial score (nSPS) is 22.5. The van der Waals surface area contributed by atoms with Crippen LogP contribution in [-0.4, -0.2) is 50.0 Å². The zero-order chi connectivity index (χ0) is 23.7. The maximum atomic E-state index is 13.5. The maximum absolute atomic E-state index is 13.5. The van der Waals surface area contributed by atoms with Gasteiger partial charge in [0.25, 0.3) is 5.91 Å². The van der Waals surface area contributed by atoms with Crippen molar-refractivity contribution in [2.45, 2.75) is 37.5 Å². The number of ether oxygens (including phenoxy) is 1. The summed E-state index contributed by atoms with van der Waals surface area (Å²) in [5.74, 6) is -2.22. The first kappa shape index (κ1) is 23.8. The molecule has 1 aromatic carbocycles. The van der Waals surface area contributed by atoms with E-state index in [1.807, 2.05) is 5.32 Å². The summed E-state index contributed by atoms with van der Waals surface area (Å²) < 4.78 is 85.1. The van der Waals surface area contributed by atoms with Gasteiger partial charge in [-0.25, -0.2) is 0 Å². The van der Waals surface area contributed by atoms with Crippen molar-refractivity contribution in [3.8, 4) is 6.07 Å². The van der Waals surface area contributed by atoms with Crippen LogP contribution in [0, 0.1) is 17.2 Å². The second-order valence-corrected chi connectivity index (χ2v) is 7.39. The van der Waals surface area contributed by atoms with Gasteiger partial charge < -0.3 is 15.0 Å². The number of imide groups is 1. The first-order chi connectivity index (χ1) is 14.9. The van der Waals surface area contributed by atoms with Gasteiger partial charge in [-0.2, -0.15) is 31.6 Å². The molecule has 2 saturated heterocycles. The van der Waals surface area contributed by atoms with Gasteiger partial charge in [0.05, 0.1) is 23.7 Å². The number of carbonyl (C=O) groups excluding carboxylic acids is 2. The van der Waals surface area contributed by atoms with Gasteiger partial charge in [-0.15, -0.1) is 0 Å². The third-order valence-corrected chi connectivity index (χ3v) is 5.23. The monoisotopic (exact) mass is 464 g/mol. The number of carbonyl (C=O) groups is 2. The Bertz CT molecular complexity index is 921. The van der Waals surface area contributed by atoms with Crippen molar-refractivity contribution >= 4 is 17.5 Å². The van der Waals surface area contributed by atoms with E-state index in [1.165, 1.54) is 6.07 Å². The summed E-state index contributed by atoms with van der Waals surface area (Å²) >= 11 is 0.